The average Bonchev–Trinajstić information content (AvgIpc) is 2.16. The van der Waals surface area contributed by atoms with Crippen LogP contribution in [0.4, 0.5) is 0 Å². The predicted molar refractivity (Wildman–Crippen MR) is 51.2 cm³/mol. The number of rotatable bonds is 6. The van der Waals surface area contributed by atoms with Crippen LogP contribution in [0.1, 0.15) is 6.92 Å². The molecule has 0 unspecified atom stereocenters. The summed E-state index contributed by atoms with van der Waals surface area (Å²) in [5, 5.41) is 0. The zero-order valence-corrected chi connectivity index (χ0v) is 8.21. The summed E-state index contributed by atoms with van der Waals surface area (Å²) in [5.41, 5.74) is 0. The summed E-state index contributed by atoms with van der Waals surface area (Å²) in [6.45, 7) is 3.69. The lowest BCUT2D eigenvalue weighted by molar-refractivity contribution is -0.0166. The third-order valence-electron chi connectivity index (χ3n) is 1.12. The molecule has 0 aliphatic rings. The van der Waals surface area contributed by atoms with Crippen LogP contribution in [0.2, 0.25) is 0 Å². The third kappa shape index (κ3) is 11.2. The van der Waals surface area contributed by atoms with Crippen LogP contribution in [-0.4, -0.2) is 33.7 Å². The molecule has 0 fully saturated rings. The van der Waals surface area contributed by atoms with Crippen LogP contribution in [0.5, 0.6) is 0 Å². The summed E-state index contributed by atoms with van der Waals surface area (Å²) < 4.78 is 14.7. The van der Waals surface area contributed by atoms with Crippen molar-refractivity contribution in [1.29, 1.82) is 0 Å². The van der Waals surface area contributed by atoms with Crippen molar-refractivity contribution in [3.8, 4) is 11.8 Å². The van der Waals surface area contributed by atoms with E-state index in [1.54, 1.807) is 7.11 Å². The summed E-state index contributed by atoms with van der Waals surface area (Å²) in [6.07, 6.45) is 3.87. The van der Waals surface area contributed by atoms with Crippen molar-refractivity contribution in [3.63, 3.8) is 0 Å². The molecule has 0 aromatic rings. The zero-order valence-electron chi connectivity index (χ0n) is 8.21. The Morgan fingerprint density at radius 3 is 2.46 bits per heavy atom. The quantitative estimate of drug-likeness (QED) is 0.269. The minimum absolute atomic E-state index is 0.286. The fourth-order valence-electron chi connectivity index (χ4n) is 0.552. The van der Waals surface area contributed by atoms with Crippen molar-refractivity contribution in [2.45, 2.75) is 6.92 Å². The Balaban J connectivity index is 3.10. The Hall–Kier alpha value is -0.820. The lowest BCUT2D eigenvalue weighted by Gasteiger charge is -1.94. The van der Waals surface area contributed by atoms with E-state index in [1.165, 1.54) is 0 Å². The Morgan fingerprint density at radius 2 is 1.85 bits per heavy atom. The second kappa shape index (κ2) is 11.2. The molecule has 74 valence electrons. The molecule has 0 aliphatic heterocycles. The molecule has 0 saturated heterocycles. The molecule has 0 spiro atoms. The van der Waals surface area contributed by atoms with E-state index in [1.807, 2.05) is 19.1 Å². The van der Waals surface area contributed by atoms with Gasteiger partial charge in [-0.2, -0.15) is 0 Å². The standard InChI is InChI=1S/C10H16O3/c1-3-4-7-12-8-5-6-9-13-10-11-2/h3-4H,7-10H2,1-2H3/b4-3-. The summed E-state index contributed by atoms with van der Waals surface area (Å²) in [6, 6.07) is 0. The first-order valence-corrected chi connectivity index (χ1v) is 4.13. The van der Waals surface area contributed by atoms with Crippen molar-refractivity contribution in [1.82, 2.24) is 0 Å². The van der Waals surface area contributed by atoms with Crippen LogP contribution in [0.3, 0.4) is 0 Å². The van der Waals surface area contributed by atoms with Gasteiger partial charge in [0.15, 0.2) is 0 Å². The van der Waals surface area contributed by atoms with Crippen molar-refractivity contribution < 1.29 is 14.2 Å². The molecule has 0 aromatic carbocycles. The maximum absolute atomic E-state index is 5.13. The van der Waals surface area contributed by atoms with E-state index in [-0.39, 0.29) is 6.79 Å². The minimum Gasteiger partial charge on any atom is -0.365 e. The maximum atomic E-state index is 5.13. The zero-order chi connectivity index (χ0) is 9.78. The summed E-state index contributed by atoms with van der Waals surface area (Å²) in [5.74, 6) is 5.61. The van der Waals surface area contributed by atoms with Crippen LogP contribution in [0.25, 0.3) is 0 Å². The first kappa shape index (κ1) is 12.2. The van der Waals surface area contributed by atoms with Gasteiger partial charge in [0.1, 0.15) is 20.0 Å². The first-order chi connectivity index (χ1) is 6.41. The molecule has 3 heteroatoms. The number of allylic oxidation sites excluding steroid dienone is 1. The van der Waals surface area contributed by atoms with Gasteiger partial charge in [-0.05, 0) is 6.92 Å². The molecule has 0 aliphatic carbocycles. The molecule has 0 heterocycles. The van der Waals surface area contributed by atoms with Crippen molar-refractivity contribution in [3.05, 3.63) is 12.2 Å². The fraction of sp³-hybridized carbons (Fsp3) is 0.600. The fourth-order valence-corrected chi connectivity index (χ4v) is 0.552. The van der Waals surface area contributed by atoms with E-state index in [9.17, 15) is 0 Å². The van der Waals surface area contributed by atoms with E-state index in [0.717, 1.165) is 0 Å². The molecule has 0 radical (unpaired) electrons. The Morgan fingerprint density at radius 1 is 1.15 bits per heavy atom. The SMILES string of the molecule is C/C=C\COCC#CCOCOC. The lowest BCUT2D eigenvalue weighted by Crippen LogP contribution is -1.96. The van der Waals surface area contributed by atoms with E-state index < -0.39 is 0 Å². The Labute approximate surface area is 79.7 Å². The second-order valence-corrected chi connectivity index (χ2v) is 2.19. The third-order valence-corrected chi connectivity index (χ3v) is 1.12. The summed E-state index contributed by atoms with van der Waals surface area (Å²) in [4.78, 5) is 0. The summed E-state index contributed by atoms with van der Waals surface area (Å²) >= 11 is 0. The monoisotopic (exact) mass is 184 g/mol. The van der Waals surface area contributed by atoms with Gasteiger partial charge in [0.2, 0.25) is 0 Å². The number of hydrogen-bond donors (Lipinski definition) is 0. The maximum Gasteiger partial charge on any atom is 0.147 e. The molecule has 0 saturated carbocycles. The van der Waals surface area contributed by atoms with Crippen LogP contribution in [-0.2, 0) is 14.2 Å². The molecule has 3 nitrogen and oxygen atoms in total. The second-order valence-electron chi connectivity index (χ2n) is 2.19. The highest BCUT2D eigenvalue weighted by molar-refractivity contribution is 4.99. The highest BCUT2D eigenvalue weighted by Gasteiger charge is 1.79. The van der Waals surface area contributed by atoms with Crippen LogP contribution >= 0.6 is 0 Å². The van der Waals surface area contributed by atoms with Gasteiger partial charge in [0.05, 0.1) is 6.61 Å². The van der Waals surface area contributed by atoms with Gasteiger partial charge in [-0.3, -0.25) is 0 Å². The van der Waals surface area contributed by atoms with Gasteiger partial charge in [-0.25, -0.2) is 0 Å². The molecule has 13 heavy (non-hydrogen) atoms. The van der Waals surface area contributed by atoms with Gasteiger partial charge in [0.25, 0.3) is 0 Å². The number of methoxy groups -OCH3 is 1. The van der Waals surface area contributed by atoms with Crippen molar-refractivity contribution in [2.75, 3.05) is 33.7 Å². The van der Waals surface area contributed by atoms with Gasteiger partial charge in [-0.1, -0.05) is 24.0 Å². The van der Waals surface area contributed by atoms with E-state index in [4.69, 9.17) is 9.47 Å². The van der Waals surface area contributed by atoms with Crippen LogP contribution < -0.4 is 0 Å². The Bertz CT molecular complexity index is 176. The summed E-state index contributed by atoms with van der Waals surface area (Å²) in [7, 11) is 1.58. The molecule has 0 amide bonds. The van der Waals surface area contributed by atoms with E-state index >= 15 is 0 Å². The number of hydrogen-bond acceptors (Lipinski definition) is 3. The largest absolute Gasteiger partial charge is 0.365 e. The molecule has 0 rings (SSSR count). The van der Waals surface area contributed by atoms with Gasteiger partial charge >= 0.3 is 0 Å². The Kier molecular flexibility index (Phi) is 10.5. The number of ether oxygens (including phenoxy) is 3. The predicted octanol–water partition coefficient (Wildman–Crippen LogP) is 1.20. The highest BCUT2D eigenvalue weighted by atomic mass is 16.7. The van der Waals surface area contributed by atoms with Crippen molar-refractivity contribution >= 4 is 0 Å². The van der Waals surface area contributed by atoms with Crippen LogP contribution in [0.15, 0.2) is 12.2 Å². The van der Waals surface area contributed by atoms with Gasteiger partial charge in [0, 0.05) is 7.11 Å². The molecular formula is C10H16O3. The first-order valence-electron chi connectivity index (χ1n) is 4.13. The van der Waals surface area contributed by atoms with E-state index in [2.05, 4.69) is 16.6 Å². The molecule has 0 aromatic heterocycles. The molecule has 0 N–H and O–H groups in total. The molecular weight excluding hydrogens is 168 g/mol. The van der Waals surface area contributed by atoms with Crippen LogP contribution in [0, 0.1) is 11.8 Å². The average molecular weight is 184 g/mol. The van der Waals surface area contributed by atoms with Crippen molar-refractivity contribution in [2.24, 2.45) is 0 Å². The topological polar surface area (TPSA) is 27.7 Å². The minimum atomic E-state index is 0.286. The van der Waals surface area contributed by atoms with Gasteiger partial charge < -0.3 is 14.2 Å². The lowest BCUT2D eigenvalue weighted by atomic mass is 10.5. The van der Waals surface area contributed by atoms with E-state index in [0.29, 0.717) is 19.8 Å². The smallest absolute Gasteiger partial charge is 0.147 e. The normalized spacial score (nSPS) is 10.0. The molecule has 0 atom stereocenters. The molecule has 0 bridgehead atoms. The highest BCUT2D eigenvalue weighted by Crippen LogP contribution is 1.76. The van der Waals surface area contributed by atoms with Gasteiger partial charge in [-0.15, -0.1) is 0 Å².